The van der Waals surface area contributed by atoms with Crippen LogP contribution in [0.15, 0.2) is 18.2 Å². The molecule has 78 valence electrons. The van der Waals surface area contributed by atoms with E-state index in [2.05, 4.69) is 5.32 Å². The van der Waals surface area contributed by atoms with Crippen molar-refractivity contribution in [3.05, 3.63) is 28.8 Å². The maximum atomic E-state index is 9.98. The maximum Gasteiger partial charge on any atom is 0.207 e. The van der Waals surface area contributed by atoms with E-state index in [9.17, 15) is 4.79 Å². The van der Waals surface area contributed by atoms with E-state index in [1.54, 1.807) is 18.2 Å². The van der Waals surface area contributed by atoms with Gasteiger partial charge in [0.05, 0.1) is 0 Å². The molecule has 0 bridgehead atoms. The zero-order valence-corrected chi connectivity index (χ0v) is 9.14. The molecule has 0 fully saturated rings. The number of halogens is 1. The Morgan fingerprint density at radius 3 is 2.64 bits per heavy atom. The molecule has 0 spiro atoms. The van der Waals surface area contributed by atoms with Crippen molar-refractivity contribution in [2.75, 3.05) is 5.73 Å². The maximum absolute atomic E-state index is 9.98. The Balaban J connectivity index is 0.000000791. The van der Waals surface area contributed by atoms with Gasteiger partial charge in [0.1, 0.15) is 0 Å². The first kappa shape index (κ1) is 12.8. The van der Waals surface area contributed by atoms with E-state index in [1.165, 1.54) is 0 Å². The van der Waals surface area contributed by atoms with Gasteiger partial charge in [-0.15, -0.1) is 0 Å². The Morgan fingerprint density at radius 1 is 1.50 bits per heavy atom. The lowest BCUT2D eigenvalue weighted by molar-refractivity contribution is -0.109. The molecule has 0 radical (unpaired) electrons. The third kappa shape index (κ3) is 4.14. The van der Waals surface area contributed by atoms with Gasteiger partial charge < -0.3 is 11.1 Å². The molecular weight excluding hydrogens is 200 g/mol. The van der Waals surface area contributed by atoms with Gasteiger partial charge in [-0.25, -0.2) is 0 Å². The molecule has 0 aliphatic heterocycles. The number of anilines is 1. The molecule has 0 aliphatic carbocycles. The fourth-order valence-electron chi connectivity index (χ4n) is 0.859. The van der Waals surface area contributed by atoms with Crippen molar-refractivity contribution in [1.29, 1.82) is 0 Å². The van der Waals surface area contributed by atoms with Crippen molar-refractivity contribution in [2.24, 2.45) is 0 Å². The SMILES string of the molecule is CC.Nc1ccc(CNC=O)c(Cl)c1. The van der Waals surface area contributed by atoms with E-state index in [0.717, 1.165) is 5.56 Å². The van der Waals surface area contributed by atoms with Gasteiger partial charge in [0.15, 0.2) is 0 Å². The van der Waals surface area contributed by atoms with Gasteiger partial charge in [-0.2, -0.15) is 0 Å². The molecule has 1 rings (SSSR count). The zero-order chi connectivity index (χ0) is 11.0. The monoisotopic (exact) mass is 214 g/mol. The Morgan fingerprint density at radius 2 is 2.14 bits per heavy atom. The third-order valence-corrected chi connectivity index (χ3v) is 1.80. The highest BCUT2D eigenvalue weighted by Gasteiger charge is 1.98. The summed E-state index contributed by atoms with van der Waals surface area (Å²) in [6, 6.07) is 5.19. The number of amides is 1. The first-order valence-electron chi connectivity index (χ1n) is 4.45. The largest absolute Gasteiger partial charge is 0.399 e. The van der Waals surface area contributed by atoms with Crippen molar-refractivity contribution in [2.45, 2.75) is 20.4 Å². The number of rotatable bonds is 3. The summed E-state index contributed by atoms with van der Waals surface area (Å²) in [5.41, 5.74) is 6.96. The lowest BCUT2D eigenvalue weighted by Gasteiger charge is -2.03. The molecule has 0 unspecified atom stereocenters. The smallest absolute Gasteiger partial charge is 0.207 e. The van der Waals surface area contributed by atoms with E-state index in [4.69, 9.17) is 17.3 Å². The molecule has 3 N–H and O–H groups in total. The number of nitrogen functional groups attached to an aromatic ring is 1. The normalized spacial score (nSPS) is 8.50. The molecule has 0 aromatic heterocycles. The van der Waals surface area contributed by atoms with Crippen LogP contribution in [-0.2, 0) is 11.3 Å². The second-order valence-corrected chi connectivity index (χ2v) is 2.76. The average molecular weight is 215 g/mol. The van der Waals surface area contributed by atoms with Gasteiger partial charge in [0.2, 0.25) is 6.41 Å². The average Bonchev–Trinajstić information content (AvgIpc) is 2.20. The van der Waals surface area contributed by atoms with Crippen LogP contribution in [-0.4, -0.2) is 6.41 Å². The van der Waals surface area contributed by atoms with Crippen molar-refractivity contribution in [1.82, 2.24) is 5.32 Å². The van der Waals surface area contributed by atoms with Crippen LogP contribution in [0.1, 0.15) is 19.4 Å². The van der Waals surface area contributed by atoms with Crippen LogP contribution in [0.3, 0.4) is 0 Å². The lowest BCUT2D eigenvalue weighted by Crippen LogP contribution is -2.10. The highest BCUT2D eigenvalue weighted by atomic mass is 35.5. The first-order chi connectivity index (χ1) is 6.74. The predicted molar refractivity (Wildman–Crippen MR) is 60.1 cm³/mol. The minimum absolute atomic E-state index is 0.433. The molecule has 3 nitrogen and oxygen atoms in total. The molecule has 1 aromatic carbocycles. The predicted octanol–water partition coefficient (Wildman–Crippen LogP) is 2.19. The number of hydrogen-bond donors (Lipinski definition) is 2. The van der Waals surface area contributed by atoms with Crippen LogP contribution in [0.5, 0.6) is 0 Å². The van der Waals surface area contributed by atoms with Crippen LogP contribution in [0, 0.1) is 0 Å². The highest BCUT2D eigenvalue weighted by Crippen LogP contribution is 2.18. The Labute approximate surface area is 89.3 Å². The van der Waals surface area contributed by atoms with Gasteiger partial charge >= 0.3 is 0 Å². The Kier molecular flexibility index (Phi) is 6.58. The van der Waals surface area contributed by atoms with E-state index < -0.39 is 0 Å². The number of hydrogen-bond acceptors (Lipinski definition) is 2. The molecule has 1 aromatic rings. The Bertz CT molecular complexity index is 289. The highest BCUT2D eigenvalue weighted by molar-refractivity contribution is 6.31. The van der Waals surface area contributed by atoms with Crippen LogP contribution in [0.2, 0.25) is 5.02 Å². The van der Waals surface area contributed by atoms with Crippen molar-refractivity contribution in [3.8, 4) is 0 Å². The van der Waals surface area contributed by atoms with E-state index in [-0.39, 0.29) is 0 Å². The lowest BCUT2D eigenvalue weighted by atomic mass is 10.2. The fraction of sp³-hybridized carbons (Fsp3) is 0.300. The quantitative estimate of drug-likeness (QED) is 0.599. The summed E-state index contributed by atoms with van der Waals surface area (Å²) < 4.78 is 0. The van der Waals surface area contributed by atoms with E-state index >= 15 is 0 Å². The van der Waals surface area contributed by atoms with Gasteiger partial charge in [0, 0.05) is 17.3 Å². The van der Waals surface area contributed by atoms with Crippen molar-refractivity contribution in [3.63, 3.8) is 0 Å². The van der Waals surface area contributed by atoms with E-state index in [1.807, 2.05) is 13.8 Å². The second kappa shape index (κ2) is 7.21. The number of nitrogens with two attached hydrogens (primary N) is 1. The minimum Gasteiger partial charge on any atom is -0.399 e. The Hall–Kier alpha value is -1.22. The van der Waals surface area contributed by atoms with E-state index in [0.29, 0.717) is 23.7 Å². The van der Waals surface area contributed by atoms with Crippen LogP contribution in [0.4, 0.5) is 5.69 Å². The van der Waals surface area contributed by atoms with Crippen LogP contribution < -0.4 is 11.1 Å². The minimum atomic E-state index is 0.433. The van der Waals surface area contributed by atoms with Gasteiger partial charge in [-0.3, -0.25) is 4.79 Å². The number of carbonyl (C=O) groups is 1. The number of nitrogens with one attached hydrogen (secondary N) is 1. The summed E-state index contributed by atoms with van der Waals surface area (Å²) in [6.07, 6.45) is 0.632. The molecule has 1 amide bonds. The summed E-state index contributed by atoms with van der Waals surface area (Å²) in [5.74, 6) is 0. The molecule has 0 saturated heterocycles. The summed E-state index contributed by atoms with van der Waals surface area (Å²) in [4.78, 5) is 9.98. The van der Waals surface area contributed by atoms with Gasteiger partial charge in [0.25, 0.3) is 0 Å². The number of benzene rings is 1. The van der Waals surface area contributed by atoms with Gasteiger partial charge in [-0.05, 0) is 17.7 Å². The zero-order valence-electron chi connectivity index (χ0n) is 8.38. The first-order valence-corrected chi connectivity index (χ1v) is 4.83. The third-order valence-electron chi connectivity index (χ3n) is 1.45. The molecule has 0 heterocycles. The molecule has 0 atom stereocenters. The molecular formula is C10H15ClN2O. The molecule has 0 aliphatic rings. The fourth-order valence-corrected chi connectivity index (χ4v) is 1.11. The van der Waals surface area contributed by atoms with Crippen molar-refractivity contribution >= 4 is 23.7 Å². The molecule has 4 heteroatoms. The summed E-state index contributed by atoms with van der Waals surface area (Å²) >= 11 is 5.83. The van der Waals surface area contributed by atoms with Crippen molar-refractivity contribution < 1.29 is 4.79 Å². The second-order valence-electron chi connectivity index (χ2n) is 2.35. The van der Waals surface area contributed by atoms with Gasteiger partial charge in [-0.1, -0.05) is 31.5 Å². The topological polar surface area (TPSA) is 55.1 Å². The number of carbonyl (C=O) groups excluding carboxylic acids is 1. The van der Waals surface area contributed by atoms with Crippen LogP contribution in [0.25, 0.3) is 0 Å². The molecule has 14 heavy (non-hydrogen) atoms. The van der Waals surface area contributed by atoms with Crippen LogP contribution >= 0.6 is 11.6 Å². The standard InChI is InChI=1S/C8H9ClN2O.C2H6/c9-8-3-7(10)2-1-6(8)4-11-5-12;1-2/h1-3,5H,4,10H2,(H,11,12);1-2H3. The summed E-state index contributed by atoms with van der Waals surface area (Å²) in [6.45, 7) is 4.43. The summed E-state index contributed by atoms with van der Waals surface area (Å²) in [7, 11) is 0. The molecule has 0 saturated carbocycles. The summed E-state index contributed by atoms with van der Waals surface area (Å²) in [5, 5.41) is 3.09.